The van der Waals surface area contributed by atoms with Gasteiger partial charge >= 0.3 is 0 Å². The van der Waals surface area contributed by atoms with E-state index < -0.39 is 0 Å². The molecule has 0 saturated heterocycles. The van der Waals surface area contributed by atoms with Crippen molar-refractivity contribution in [3.05, 3.63) is 42.0 Å². The van der Waals surface area contributed by atoms with Crippen molar-refractivity contribution in [2.24, 2.45) is 5.73 Å². The maximum Gasteiger partial charge on any atom is 0.0314 e. The molecule has 0 aromatic heterocycles. The number of hydrogen-bond donors (Lipinski definition) is 1. The van der Waals surface area contributed by atoms with Crippen LogP contribution in [0, 0.1) is 12.3 Å². The Bertz CT molecular complexity index is 301. The van der Waals surface area contributed by atoms with E-state index in [2.05, 4.69) is 12.5 Å². The SMILES string of the molecule is C#Cc1ccc(C(=C)N)cc1. The standard InChI is InChI=1S/C10H9N/c1-3-9-4-6-10(7-5-9)8(2)11/h1,4-7H,2,11H2. The van der Waals surface area contributed by atoms with E-state index in [-0.39, 0.29) is 0 Å². The van der Waals surface area contributed by atoms with E-state index in [1.54, 1.807) is 0 Å². The van der Waals surface area contributed by atoms with Gasteiger partial charge in [0.1, 0.15) is 0 Å². The number of rotatable bonds is 1. The molecule has 0 amide bonds. The van der Waals surface area contributed by atoms with Crippen LogP contribution in [0.2, 0.25) is 0 Å². The third-order valence-electron chi connectivity index (χ3n) is 1.42. The van der Waals surface area contributed by atoms with Gasteiger partial charge in [0.05, 0.1) is 0 Å². The van der Waals surface area contributed by atoms with Gasteiger partial charge in [0, 0.05) is 11.3 Å². The Balaban J connectivity index is 3.03. The average Bonchev–Trinajstić information content (AvgIpc) is 2.05. The summed E-state index contributed by atoms with van der Waals surface area (Å²) in [6.07, 6.45) is 5.17. The summed E-state index contributed by atoms with van der Waals surface area (Å²) in [6.45, 7) is 3.61. The summed E-state index contributed by atoms with van der Waals surface area (Å²) in [5.74, 6) is 2.52. The first-order valence-electron chi connectivity index (χ1n) is 3.25. The van der Waals surface area contributed by atoms with Crippen molar-refractivity contribution < 1.29 is 0 Å². The summed E-state index contributed by atoms with van der Waals surface area (Å²) in [5, 5.41) is 0. The largest absolute Gasteiger partial charge is 0.399 e. The summed E-state index contributed by atoms with van der Waals surface area (Å²) in [6, 6.07) is 7.40. The summed E-state index contributed by atoms with van der Waals surface area (Å²) >= 11 is 0. The highest BCUT2D eigenvalue weighted by atomic mass is 14.6. The highest BCUT2D eigenvalue weighted by Gasteiger charge is 1.91. The molecule has 1 aromatic rings. The van der Waals surface area contributed by atoms with Gasteiger partial charge in [-0.05, 0) is 17.7 Å². The quantitative estimate of drug-likeness (QED) is 0.594. The fourth-order valence-electron chi connectivity index (χ4n) is 0.781. The predicted octanol–water partition coefficient (Wildman–Crippen LogP) is 1.60. The molecule has 2 N–H and O–H groups in total. The summed E-state index contributed by atoms with van der Waals surface area (Å²) in [5.41, 5.74) is 7.80. The molecule has 0 aliphatic heterocycles. The van der Waals surface area contributed by atoms with E-state index in [1.165, 1.54) is 0 Å². The van der Waals surface area contributed by atoms with Gasteiger partial charge in [0.2, 0.25) is 0 Å². The molecule has 1 nitrogen and oxygen atoms in total. The Labute approximate surface area is 66.5 Å². The van der Waals surface area contributed by atoms with Crippen LogP contribution in [0.5, 0.6) is 0 Å². The Morgan fingerprint density at radius 2 is 1.91 bits per heavy atom. The molecule has 0 saturated carbocycles. The van der Waals surface area contributed by atoms with Crippen LogP contribution in [-0.2, 0) is 0 Å². The number of benzene rings is 1. The Morgan fingerprint density at radius 1 is 1.36 bits per heavy atom. The smallest absolute Gasteiger partial charge is 0.0314 e. The minimum Gasteiger partial charge on any atom is -0.399 e. The second-order valence-electron chi connectivity index (χ2n) is 2.25. The van der Waals surface area contributed by atoms with Gasteiger partial charge in [0.25, 0.3) is 0 Å². The van der Waals surface area contributed by atoms with Crippen molar-refractivity contribution in [3.8, 4) is 12.3 Å². The first-order chi connectivity index (χ1) is 5.24. The van der Waals surface area contributed by atoms with E-state index in [9.17, 15) is 0 Å². The van der Waals surface area contributed by atoms with Crippen molar-refractivity contribution in [1.82, 2.24) is 0 Å². The molecule has 54 valence electrons. The van der Waals surface area contributed by atoms with Crippen LogP contribution in [-0.4, -0.2) is 0 Å². The zero-order valence-electron chi connectivity index (χ0n) is 6.17. The Morgan fingerprint density at radius 3 is 2.27 bits per heavy atom. The van der Waals surface area contributed by atoms with Crippen LogP contribution in [0.15, 0.2) is 30.8 Å². The first-order valence-corrected chi connectivity index (χ1v) is 3.25. The van der Waals surface area contributed by atoms with E-state index in [4.69, 9.17) is 12.2 Å². The second kappa shape index (κ2) is 2.94. The van der Waals surface area contributed by atoms with Crippen molar-refractivity contribution >= 4 is 5.70 Å². The zero-order chi connectivity index (χ0) is 8.27. The minimum atomic E-state index is 0.563. The molecule has 0 aliphatic rings. The summed E-state index contributed by atoms with van der Waals surface area (Å²) < 4.78 is 0. The van der Waals surface area contributed by atoms with Crippen LogP contribution >= 0.6 is 0 Å². The molecule has 0 fully saturated rings. The molecule has 1 aromatic carbocycles. The lowest BCUT2D eigenvalue weighted by Gasteiger charge is -1.97. The molecule has 0 radical (unpaired) electrons. The number of hydrogen-bond acceptors (Lipinski definition) is 1. The normalized spacial score (nSPS) is 8.64. The number of nitrogens with two attached hydrogens (primary N) is 1. The van der Waals surface area contributed by atoms with Gasteiger partial charge in [-0.1, -0.05) is 24.6 Å². The van der Waals surface area contributed by atoms with Crippen LogP contribution in [0.4, 0.5) is 0 Å². The molecule has 1 rings (SSSR count). The van der Waals surface area contributed by atoms with Crippen molar-refractivity contribution in [1.29, 1.82) is 0 Å². The predicted molar refractivity (Wildman–Crippen MR) is 47.6 cm³/mol. The fourth-order valence-corrected chi connectivity index (χ4v) is 0.781. The monoisotopic (exact) mass is 143 g/mol. The van der Waals surface area contributed by atoms with Crippen LogP contribution < -0.4 is 5.73 Å². The third kappa shape index (κ3) is 1.62. The average molecular weight is 143 g/mol. The van der Waals surface area contributed by atoms with E-state index in [1.807, 2.05) is 24.3 Å². The lowest BCUT2D eigenvalue weighted by molar-refractivity contribution is 1.52. The van der Waals surface area contributed by atoms with E-state index in [0.717, 1.165) is 11.1 Å². The van der Waals surface area contributed by atoms with Gasteiger partial charge in [0.15, 0.2) is 0 Å². The molecule has 1 heteroatoms. The molecular weight excluding hydrogens is 134 g/mol. The van der Waals surface area contributed by atoms with Gasteiger partial charge in [-0.25, -0.2) is 0 Å². The van der Waals surface area contributed by atoms with E-state index in [0.29, 0.717) is 5.70 Å². The maximum atomic E-state index is 5.46. The highest BCUT2D eigenvalue weighted by Crippen LogP contribution is 2.07. The molecular formula is C10H9N. The number of terminal acetylenes is 1. The van der Waals surface area contributed by atoms with E-state index >= 15 is 0 Å². The fraction of sp³-hybridized carbons (Fsp3) is 0. The first kappa shape index (κ1) is 7.43. The van der Waals surface area contributed by atoms with Gasteiger partial charge < -0.3 is 5.73 Å². The van der Waals surface area contributed by atoms with Crippen molar-refractivity contribution in [3.63, 3.8) is 0 Å². The lowest BCUT2D eigenvalue weighted by Crippen LogP contribution is -1.92. The molecule has 0 heterocycles. The van der Waals surface area contributed by atoms with Gasteiger partial charge in [-0.3, -0.25) is 0 Å². The Kier molecular flexibility index (Phi) is 1.98. The maximum absolute atomic E-state index is 5.46. The molecule has 0 aliphatic carbocycles. The Hall–Kier alpha value is -1.68. The summed E-state index contributed by atoms with van der Waals surface area (Å²) in [7, 11) is 0. The van der Waals surface area contributed by atoms with Crippen molar-refractivity contribution in [2.75, 3.05) is 0 Å². The third-order valence-corrected chi connectivity index (χ3v) is 1.42. The van der Waals surface area contributed by atoms with Crippen molar-refractivity contribution in [2.45, 2.75) is 0 Å². The minimum absolute atomic E-state index is 0.563. The highest BCUT2D eigenvalue weighted by molar-refractivity contribution is 5.60. The molecule has 0 bridgehead atoms. The zero-order valence-corrected chi connectivity index (χ0v) is 6.17. The summed E-state index contributed by atoms with van der Waals surface area (Å²) in [4.78, 5) is 0. The van der Waals surface area contributed by atoms with Crippen LogP contribution in [0.1, 0.15) is 11.1 Å². The van der Waals surface area contributed by atoms with Crippen LogP contribution in [0.25, 0.3) is 5.70 Å². The molecule has 0 unspecified atom stereocenters. The van der Waals surface area contributed by atoms with Gasteiger partial charge in [-0.15, -0.1) is 6.42 Å². The van der Waals surface area contributed by atoms with Gasteiger partial charge in [-0.2, -0.15) is 0 Å². The van der Waals surface area contributed by atoms with Crippen LogP contribution in [0.3, 0.4) is 0 Å². The topological polar surface area (TPSA) is 26.0 Å². The lowest BCUT2D eigenvalue weighted by atomic mass is 10.1. The molecule has 0 spiro atoms. The second-order valence-corrected chi connectivity index (χ2v) is 2.25. The molecule has 11 heavy (non-hydrogen) atoms. The molecule has 0 atom stereocenters.